The van der Waals surface area contributed by atoms with Crippen molar-refractivity contribution in [2.75, 3.05) is 5.32 Å². The molecule has 0 aliphatic heterocycles. The Morgan fingerprint density at radius 3 is 2.48 bits per heavy atom. The predicted octanol–water partition coefficient (Wildman–Crippen LogP) is 3.46. The molecule has 1 aromatic rings. The van der Waals surface area contributed by atoms with Gasteiger partial charge < -0.3 is 5.73 Å². The van der Waals surface area contributed by atoms with E-state index in [2.05, 4.69) is 29.4 Å². The first-order valence-corrected chi connectivity index (χ1v) is 8.34. The fourth-order valence-electron chi connectivity index (χ4n) is 2.72. The molecule has 1 amide bonds. The van der Waals surface area contributed by atoms with E-state index in [0.717, 1.165) is 43.5 Å². The van der Waals surface area contributed by atoms with E-state index < -0.39 is 5.54 Å². The second kappa shape index (κ2) is 8.06. The van der Waals surface area contributed by atoms with Gasteiger partial charge in [0.2, 0.25) is 11.0 Å². The molecule has 5 nitrogen and oxygen atoms in total. The van der Waals surface area contributed by atoms with Crippen LogP contribution in [0.5, 0.6) is 0 Å². The topological polar surface area (TPSA) is 80.9 Å². The molecule has 120 valence electrons. The molecule has 1 heterocycles. The van der Waals surface area contributed by atoms with Gasteiger partial charge in [-0.1, -0.05) is 44.4 Å². The lowest BCUT2D eigenvalue weighted by atomic mass is 9.82. The van der Waals surface area contributed by atoms with Crippen molar-refractivity contribution >= 4 is 34.8 Å². The van der Waals surface area contributed by atoms with Crippen LogP contribution in [0.1, 0.15) is 69.7 Å². The maximum atomic E-state index is 12.3. The van der Waals surface area contributed by atoms with E-state index >= 15 is 0 Å². The number of carbonyl (C=O) groups is 1. The average molecular weight is 333 g/mol. The first kappa shape index (κ1) is 18.3. The fraction of sp³-hybridized carbons (Fsp3) is 0.786. The summed E-state index contributed by atoms with van der Waals surface area (Å²) in [7, 11) is 0. The minimum Gasteiger partial charge on any atom is -0.317 e. The quantitative estimate of drug-likeness (QED) is 0.865. The lowest BCUT2D eigenvalue weighted by molar-refractivity contribution is -0.122. The minimum atomic E-state index is -0.723. The Labute approximate surface area is 136 Å². The number of anilines is 1. The van der Waals surface area contributed by atoms with Crippen molar-refractivity contribution in [2.24, 2.45) is 5.73 Å². The highest BCUT2D eigenvalue weighted by Crippen LogP contribution is 2.30. The van der Waals surface area contributed by atoms with Crippen LogP contribution in [0.4, 0.5) is 5.13 Å². The molecule has 7 heteroatoms. The predicted molar refractivity (Wildman–Crippen MR) is 89.1 cm³/mol. The third kappa shape index (κ3) is 4.37. The Bertz CT molecular complexity index is 456. The van der Waals surface area contributed by atoms with E-state index in [1.165, 1.54) is 17.8 Å². The number of hydrogen-bond donors (Lipinski definition) is 2. The lowest BCUT2D eigenvalue weighted by Gasteiger charge is -2.31. The molecular formula is C14H25ClN4OS. The summed E-state index contributed by atoms with van der Waals surface area (Å²) in [6, 6.07) is 0. The smallest absolute Gasteiger partial charge is 0.246 e. The van der Waals surface area contributed by atoms with Gasteiger partial charge in [-0.25, -0.2) is 0 Å². The number of carbonyl (C=O) groups excluding carboxylic acids is 1. The van der Waals surface area contributed by atoms with Gasteiger partial charge in [0.25, 0.3) is 0 Å². The maximum Gasteiger partial charge on any atom is 0.246 e. The third-order valence-corrected chi connectivity index (χ3v) is 5.20. The van der Waals surface area contributed by atoms with Crippen molar-refractivity contribution in [3.63, 3.8) is 0 Å². The molecule has 0 bridgehead atoms. The number of nitrogens with zero attached hydrogens (tertiary/aromatic N) is 2. The number of nitrogens with one attached hydrogen (secondary N) is 1. The Balaban J connectivity index is 0.00000220. The summed E-state index contributed by atoms with van der Waals surface area (Å²) >= 11 is 1.47. The van der Waals surface area contributed by atoms with E-state index in [4.69, 9.17) is 5.73 Å². The molecule has 0 saturated heterocycles. The molecule has 0 unspecified atom stereocenters. The molecule has 1 fully saturated rings. The molecule has 0 spiro atoms. The zero-order valence-corrected chi connectivity index (χ0v) is 14.4. The van der Waals surface area contributed by atoms with Crippen molar-refractivity contribution in [3.05, 3.63) is 5.01 Å². The third-order valence-electron chi connectivity index (χ3n) is 4.19. The largest absolute Gasteiger partial charge is 0.317 e. The Morgan fingerprint density at radius 1 is 1.29 bits per heavy atom. The van der Waals surface area contributed by atoms with E-state index in [0.29, 0.717) is 11.0 Å². The SMILES string of the molecule is CCC(CC)c1nnc(NC(=O)C2(N)CCCCC2)s1.Cl. The van der Waals surface area contributed by atoms with Gasteiger partial charge in [-0.15, -0.1) is 22.6 Å². The Morgan fingerprint density at radius 2 is 1.90 bits per heavy atom. The van der Waals surface area contributed by atoms with Crippen molar-refractivity contribution < 1.29 is 4.79 Å². The first-order chi connectivity index (χ1) is 9.59. The molecular weight excluding hydrogens is 308 g/mol. The van der Waals surface area contributed by atoms with Crippen molar-refractivity contribution in [3.8, 4) is 0 Å². The highest BCUT2D eigenvalue weighted by molar-refractivity contribution is 7.15. The van der Waals surface area contributed by atoms with Crippen molar-refractivity contribution in [1.82, 2.24) is 10.2 Å². The summed E-state index contributed by atoms with van der Waals surface area (Å²) in [6.07, 6.45) is 6.83. The molecule has 1 aliphatic carbocycles. The van der Waals surface area contributed by atoms with Gasteiger partial charge in [-0.3, -0.25) is 10.1 Å². The standard InChI is InChI=1S/C14H24N4OS.ClH/c1-3-10(4-2)11-17-18-13(20-11)16-12(19)14(15)8-6-5-7-9-14;/h10H,3-9,15H2,1-2H3,(H,16,18,19);1H. The molecule has 0 radical (unpaired) electrons. The van der Waals surface area contributed by atoms with E-state index in [9.17, 15) is 4.79 Å². The molecule has 1 aliphatic rings. The number of halogens is 1. The molecule has 0 aromatic carbocycles. The van der Waals surface area contributed by atoms with Crippen LogP contribution in [0.2, 0.25) is 0 Å². The zero-order valence-electron chi connectivity index (χ0n) is 12.7. The lowest BCUT2D eigenvalue weighted by Crippen LogP contribution is -2.52. The molecule has 1 aromatic heterocycles. The molecule has 0 atom stereocenters. The van der Waals surface area contributed by atoms with E-state index in [1.807, 2.05) is 0 Å². The summed E-state index contributed by atoms with van der Waals surface area (Å²) in [6.45, 7) is 4.29. The number of hydrogen-bond acceptors (Lipinski definition) is 5. The van der Waals surface area contributed by atoms with Crippen LogP contribution in [0.3, 0.4) is 0 Å². The first-order valence-electron chi connectivity index (χ1n) is 7.52. The summed E-state index contributed by atoms with van der Waals surface area (Å²) < 4.78 is 0. The second-order valence-electron chi connectivity index (χ2n) is 5.63. The van der Waals surface area contributed by atoms with Gasteiger partial charge in [0.05, 0.1) is 5.54 Å². The van der Waals surface area contributed by atoms with Crippen LogP contribution in [0.15, 0.2) is 0 Å². The Kier molecular flexibility index (Phi) is 7.03. The molecule has 3 N–H and O–H groups in total. The summed E-state index contributed by atoms with van der Waals surface area (Å²) in [5.41, 5.74) is 5.49. The van der Waals surface area contributed by atoms with Gasteiger partial charge >= 0.3 is 0 Å². The van der Waals surface area contributed by atoms with Crippen LogP contribution in [-0.2, 0) is 4.79 Å². The Hall–Kier alpha value is -0.720. The normalized spacial score (nSPS) is 17.3. The van der Waals surface area contributed by atoms with Crippen LogP contribution in [-0.4, -0.2) is 21.6 Å². The van der Waals surface area contributed by atoms with Crippen molar-refractivity contribution in [2.45, 2.75) is 70.3 Å². The van der Waals surface area contributed by atoms with Gasteiger partial charge in [-0.2, -0.15) is 0 Å². The highest BCUT2D eigenvalue weighted by Gasteiger charge is 2.35. The van der Waals surface area contributed by atoms with Gasteiger partial charge in [0.15, 0.2) is 0 Å². The summed E-state index contributed by atoms with van der Waals surface area (Å²) in [5, 5.41) is 12.7. The monoisotopic (exact) mass is 332 g/mol. The average Bonchev–Trinajstić information content (AvgIpc) is 2.89. The number of nitrogens with two attached hydrogens (primary N) is 1. The van der Waals surface area contributed by atoms with Crippen LogP contribution < -0.4 is 11.1 Å². The van der Waals surface area contributed by atoms with E-state index in [-0.39, 0.29) is 18.3 Å². The molecule has 21 heavy (non-hydrogen) atoms. The van der Waals surface area contributed by atoms with Crippen molar-refractivity contribution in [1.29, 1.82) is 0 Å². The number of aromatic nitrogens is 2. The number of rotatable bonds is 5. The number of amides is 1. The fourth-order valence-corrected chi connectivity index (χ4v) is 3.72. The highest BCUT2D eigenvalue weighted by atomic mass is 35.5. The van der Waals surface area contributed by atoms with Crippen LogP contribution >= 0.6 is 23.7 Å². The second-order valence-corrected chi connectivity index (χ2v) is 6.64. The summed E-state index contributed by atoms with van der Waals surface area (Å²) in [4.78, 5) is 12.3. The molecule has 2 rings (SSSR count). The van der Waals surface area contributed by atoms with Crippen LogP contribution in [0, 0.1) is 0 Å². The van der Waals surface area contributed by atoms with Gasteiger partial charge in [0, 0.05) is 5.92 Å². The van der Waals surface area contributed by atoms with Gasteiger partial charge in [-0.05, 0) is 25.7 Å². The maximum absolute atomic E-state index is 12.3. The summed E-state index contributed by atoms with van der Waals surface area (Å²) in [5.74, 6) is 0.323. The van der Waals surface area contributed by atoms with E-state index in [1.54, 1.807) is 0 Å². The van der Waals surface area contributed by atoms with Crippen LogP contribution in [0.25, 0.3) is 0 Å². The minimum absolute atomic E-state index is 0. The van der Waals surface area contributed by atoms with Gasteiger partial charge in [0.1, 0.15) is 5.01 Å². The molecule has 1 saturated carbocycles. The zero-order chi connectivity index (χ0) is 14.6.